The molecule has 1 nitrogen and oxygen atoms in total. The summed E-state index contributed by atoms with van der Waals surface area (Å²) in [5.41, 5.74) is 25.0. The molecule has 0 saturated heterocycles. The van der Waals surface area contributed by atoms with Gasteiger partial charge in [-0.2, -0.15) is 0 Å². The maximum Gasteiger partial charge on any atom is 0.0703 e. The van der Waals surface area contributed by atoms with E-state index in [9.17, 15) is 0 Å². The molecular formula is C60H43N. The molecule has 1 unspecified atom stereocenters. The van der Waals surface area contributed by atoms with E-state index in [4.69, 9.17) is 0 Å². The van der Waals surface area contributed by atoms with Crippen molar-refractivity contribution in [1.82, 2.24) is 0 Å². The minimum Gasteiger partial charge on any atom is -0.310 e. The van der Waals surface area contributed by atoms with Crippen LogP contribution in [-0.2, 0) is 10.8 Å². The smallest absolute Gasteiger partial charge is 0.0703 e. The van der Waals surface area contributed by atoms with Gasteiger partial charge in [-0.1, -0.05) is 183 Å². The molecule has 4 aliphatic rings. The summed E-state index contributed by atoms with van der Waals surface area (Å²) < 4.78 is 0. The van der Waals surface area contributed by atoms with Crippen LogP contribution in [0.5, 0.6) is 0 Å². The average molecular weight is 778 g/mol. The maximum absolute atomic E-state index is 3.53. The first kappa shape index (κ1) is 35.5. The van der Waals surface area contributed by atoms with Crippen LogP contribution in [-0.4, -0.2) is 0 Å². The first-order valence-corrected chi connectivity index (χ1v) is 21.5. The van der Waals surface area contributed by atoms with Gasteiger partial charge in [-0.05, 0) is 133 Å². The largest absolute Gasteiger partial charge is 0.310 e. The van der Waals surface area contributed by atoms with Gasteiger partial charge >= 0.3 is 0 Å². The van der Waals surface area contributed by atoms with E-state index in [-0.39, 0.29) is 5.41 Å². The molecule has 1 spiro atoms. The van der Waals surface area contributed by atoms with Gasteiger partial charge in [0, 0.05) is 28.8 Å². The van der Waals surface area contributed by atoms with E-state index < -0.39 is 5.41 Å². The quantitative estimate of drug-likeness (QED) is 0.157. The summed E-state index contributed by atoms with van der Waals surface area (Å²) >= 11 is 0. The number of hydrogen-bond acceptors (Lipinski definition) is 1. The Labute approximate surface area is 359 Å². The Balaban J connectivity index is 1.06. The van der Waals surface area contributed by atoms with E-state index >= 15 is 0 Å². The monoisotopic (exact) mass is 777 g/mol. The highest BCUT2D eigenvalue weighted by atomic mass is 15.1. The molecule has 0 N–H and O–H groups in total. The van der Waals surface area contributed by atoms with Gasteiger partial charge in [-0.3, -0.25) is 0 Å². The summed E-state index contributed by atoms with van der Waals surface area (Å²) in [6, 6.07) is 68.0. The van der Waals surface area contributed by atoms with Crippen LogP contribution < -0.4 is 4.90 Å². The lowest BCUT2D eigenvalue weighted by Crippen LogP contribution is -2.28. The van der Waals surface area contributed by atoms with Crippen LogP contribution in [0.1, 0.15) is 59.2 Å². The number of aryl methyl sites for hydroxylation is 1. The number of anilines is 3. The SMILES string of the molecule is Cc1ccc2c(c1)C1(C3=C2C=CC#CC3)c2ccccc2-c2cccc(-c3ccc(N(c4ccc5c(c4)C(C)(C)c4ccccc4-5)c4ccccc4-c4ccccc4)cc3)c21. The molecule has 0 aliphatic heterocycles. The number of nitrogens with zero attached hydrogens (tertiary/aromatic N) is 1. The van der Waals surface area contributed by atoms with Gasteiger partial charge in [0.2, 0.25) is 0 Å². The Kier molecular flexibility index (Phi) is 7.75. The molecule has 1 heteroatoms. The lowest BCUT2D eigenvalue weighted by molar-refractivity contribution is 0.660. The van der Waals surface area contributed by atoms with E-state index in [1.807, 2.05) is 6.08 Å². The molecule has 1 atom stereocenters. The first-order valence-electron chi connectivity index (χ1n) is 21.5. The number of benzene rings is 8. The summed E-state index contributed by atoms with van der Waals surface area (Å²) in [6.45, 7) is 6.95. The third-order valence-electron chi connectivity index (χ3n) is 13.9. The molecule has 4 aliphatic carbocycles. The molecule has 0 fully saturated rings. The third-order valence-corrected chi connectivity index (χ3v) is 13.9. The van der Waals surface area contributed by atoms with Gasteiger partial charge in [0.15, 0.2) is 0 Å². The molecule has 0 radical (unpaired) electrons. The molecule has 0 saturated carbocycles. The Morgan fingerprint density at radius 3 is 1.92 bits per heavy atom. The second-order valence-corrected chi connectivity index (χ2v) is 17.5. The first-order chi connectivity index (χ1) is 29.9. The van der Waals surface area contributed by atoms with Gasteiger partial charge in [0.25, 0.3) is 0 Å². The lowest BCUT2D eigenvalue weighted by atomic mass is 9.67. The molecule has 61 heavy (non-hydrogen) atoms. The van der Waals surface area contributed by atoms with Crippen molar-refractivity contribution in [3.63, 3.8) is 0 Å². The maximum atomic E-state index is 3.53. The molecule has 8 aromatic carbocycles. The number of fused-ring (bicyclic) bond motifs is 12. The Hall–Kier alpha value is -7.40. The Morgan fingerprint density at radius 1 is 0.475 bits per heavy atom. The topological polar surface area (TPSA) is 3.24 Å². The average Bonchev–Trinajstić information content (AvgIpc) is 3.72. The van der Waals surface area contributed by atoms with Crippen LogP contribution >= 0.6 is 0 Å². The summed E-state index contributed by atoms with van der Waals surface area (Å²) in [5, 5.41) is 0. The van der Waals surface area contributed by atoms with Crippen molar-refractivity contribution < 1.29 is 0 Å². The van der Waals surface area contributed by atoms with Crippen molar-refractivity contribution in [3.8, 4) is 56.3 Å². The van der Waals surface area contributed by atoms with E-state index in [0.717, 1.165) is 23.5 Å². The Morgan fingerprint density at radius 2 is 1.10 bits per heavy atom. The van der Waals surface area contributed by atoms with Crippen LogP contribution in [0.25, 0.3) is 50.1 Å². The fourth-order valence-electron chi connectivity index (χ4n) is 11.2. The van der Waals surface area contributed by atoms with Gasteiger partial charge in [-0.25, -0.2) is 0 Å². The summed E-state index contributed by atoms with van der Waals surface area (Å²) in [7, 11) is 0. The van der Waals surface area contributed by atoms with Crippen molar-refractivity contribution in [2.24, 2.45) is 0 Å². The fraction of sp³-hybridized carbons (Fsp3) is 0.100. The van der Waals surface area contributed by atoms with E-state index in [1.54, 1.807) is 0 Å². The van der Waals surface area contributed by atoms with Crippen LogP contribution in [0.2, 0.25) is 0 Å². The molecular weight excluding hydrogens is 735 g/mol. The van der Waals surface area contributed by atoms with Crippen LogP contribution in [0.15, 0.2) is 200 Å². The molecule has 288 valence electrons. The number of hydrogen-bond donors (Lipinski definition) is 0. The summed E-state index contributed by atoms with van der Waals surface area (Å²) in [4.78, 5) is 2.46. The lowest BCUT2D eigenvalue weighted by Gasteiger charge is -2.34. The van der Waals surface area contributed by atoms with Crippen molar-refractivity contribution >= 4 is 22.6 Å². The molecule has 0 amide bonds. The zero-order valence-corrected chi connectivity index (χ0v) is 34.6. The zero-order valence-electron chi connectivity index (χ0n) is 34.6. The van der Waals surface area contributed by atoms with Crippen molar-refractivity contribution in [2.45, 2.75) is 38.0 Å². The third kappa shape index (κ3) is 5.03. The van der Waals surface area contributed by atoms with Gasteiger partial charge in [0.1, 0.15) is 0 Å². The van der Waals surface area contributed by atoms with E-state index in [0.29, 0.717) is 0 Å². The second kappa shape index (κ2) is 13.3. The van der Waals surface area contributed by atoms with Crippen LogP contribution in [0.3, 0.4) is 0 Å². The molecule has 12 rings (SSSR count). The predicted octanol–water partition coefficient (Wildman–Crippen LogP) is 15.2. The van der Waals surface area contributed by atoms with Crippen molar-refractivity contribution in [1.29, 1.82) is 0 Å². The zero-order chi connectivity index (χ0) is 40.9. The van der Waals surface area contributed by atoms with Gasteiger partial charge in [0.05, 0.1) is 11.1 Å². The van der Waals surface area contributed by atoms with Gasteiger partial charge in [-0.15, -0.1) is 0 Å². The molecule has 0 bridgehead atoms. The fourth-order valence-corrected chi connectivity index (χ4v) is 11.2. The normalized spacial score (nSPS) is 16.8. The van der Waals surface area contributed by atoms with E-state index in [2.05, 4.69) is 226 Å². The van der Waals surface area contributed by atoms with Crippen molar-refractivity contribution in [3.05, 3.63) is 239 Å². The molecule has 0 aromatic heterocycles. The highest BCUT2D eigenvalue weighted by Gasteiger charge is 2.53. The standard InChI is InChI=1S/C60H43N/c1-39-29-35-50-47-20-8-5-9-26-53(47)60(56(50)37-39)54-27-14-11-22-48(54)51-24-16-23-45(58(51)60)41-30-32-42(33-31-41)61(57-28-15-12-19-44(57)40-17-6-4-7-18-40)43-34-36-49-46-21-10-13-25-52(46)59(2,3)55(49)38-43/h4,6-8,10-25,27-38H,26H2,1-3H3. The molecule has 0 heterocycles. The highest BCUT2D eigenvalue weighted by molar-refractivity contribution is 6.00. The number of rotatable bonds is 5. The molecule has 8 aromatic rings. The second-order valence-electron chi connectivity index (χ2n) is 17.5. The van der Waals surface area contributed by atoms with Crippen LogP contribution in [0, 0.1) is 18.8 Å². The number of allylic oxidation sites excluding steroid dienone is 4. The van der Waals surface area contributed by atoms with E-state index in [1.165, 1.54) is 94.6 Å². The van der Waals surface area contributed by atoms with Crippen LogP contribution in [0.4, 0.5) is 17.1 Å². The Bertz CT molecular complexity index is 3260. The summed E-state index contributed by atoms with van der Waals surface area (Å²) in [6.07, 6.45) is 5.02. The minimum absolute atomic E-state index is 0.122. The predicted molar refractivity (Wildman–Crippen MR) is 255 cm³/mol. The van der Waals surface area contributed by atoms with Gasteiger partial charge < -0.3 is 4.90 Å². The highest BCUT2D eigenvalue weighted by Crippen LogP contribution is 2.65. The minimum atomic E-state index is -0.448. The van der Waals surface area contributed by atoms with Crippen molar-refractivity contribution in [2.75, 3.05) is 4.90 Å². The number of para-hydroxylation sites is 1. The summed E-state index contributed by atoms with van der Waals surface area (Å²) in [5.74, 6) is 6.86.